The monoisotopic (exact) mass is 320 g/mol. The Bertz CT molecular complexity index is 662. The molecule has 0 saturated carbocycles. The van der Waals surface area contributed by atoms with Gasteiger partial charge in [0, 0.05) is 12.7 Å². The number of methoxy groups -OCH3 is 1. The molecule has 1 amide bonds. The molecule has 0 bridgehead atoms. The highest BCUT2D eigenvalue weighted by atomic mass is 35.5. The lowest BCUT2D eigenvalue weighted by molar-refractivity contribution is 0.120. The summed E-state index contributed by atoms with van der Waals surface area (Å²) in [6.07, 6.45) is 0.636. The van der Waals surface area contributed by atoms with Crippen LogP contribution in [0.3, 0.4) is 0 Å². The predicted octanol–water partition coefficient (Wildman–Crippen LogP) is 4.36. The van der Waals surface area contributed by atoms with E-state index in [2.05, 4.69) is 10.3 Å². The summed E-state index contributed by atoms with van der Waals surface area (Å²) in [4.78, 5) is 16.2. The van der Waals surface area contributed by atoms with E-state index in [1.165, 1.54) is 0 Å². The zero-order valence-electron chi connectivity index (χ0n) is 12.6. The Balaban J connectivity index is 2.22. The lowest BCUT2D eigenvalue weighted by Crippen LogP contribution is -2.19. The fourth-order valence-corrected chi connectivity index (χ4v) is 2.25. The van der Waals surface area contributed by atoms with Gasteiger partial charge in [-0.2, -0.15) is 0 Å². The molecule has 0 aliphatic carbocycles. The van der Waals surface area contributed by atoms with Crippen molar-refractivity contribution in [3.05, 3.63) is 52.8 Å². The molecule has 0 aliphatic heterocycles. The maximum atomic E-state index is 12.0. The van der Waals surface area contributed by atoms with Crippen molar-refractivity contribution >= 4 is 23.4 Å². The van der Waals surface area contributed by atoms with Crippen LogP contribution in [0.5, 0.6) is 5.75 Å². The van der Waals surface area contributed by atoms with Gasteiger partial charge >= 0.3 is 6.09 Å². The molecule has 1 aromatic heterocycles. The number of para-hydroxylation sites is 1. The number of aryl methyl sites for hydroxylation is 1. The number of nitrogens with zero attached hydrogens (tertiary/aromatic N) is 1. The Labute approximate surface area is 134 Å². The minimum Gasteiger partial charge on any atom is -0.410 e. The van der Waals surface area contributed by atoms with E-state index in [4.69, 9.17) is 21.1 Å². The molecule has 1 heterocycles. The lowest BCUT2D eigenvalue weighted by Gasteiger charge is -2.18. The molecule has 0 radical (unpaired) electrons. The number of aromatic nitrogens is 1. The highest BCUT2D eigenvalue weighted by Crippen LogP contribution is 2.33. The Morgan fingerprint density at radius 2 is 2.00 bits per heavy atom. The SMILES string of the molecule is COC(C)c1c(NC(=O)Oc2ccccc2)cnc(C)c1Cl. The summed E-state index contributed by atoms with van der Waals surface area (Å²) in [5, 5.41) is 3.12. The van der Waals surface area contributed by atoms with Crippen LogP contribution in [-0.2, 0) is 4.74 Å². The second-order valence-electron chi connectivity index (χ2n) is 4.69. The Morgan fingerprint density at radius 1 is 1.32 bits per heavy atom. The van der Waals surface area contributed by atoms with Gasteiger partial charge in [0.25, 0.3) is 0 Å². The standard InChI is InChI=1S/C16H17ClN2O3/c1-10-15(17)14(11(2)21-3)13(9-18-10)19-16(20)22-12-7-5-4-6-8-12/h4-9,11H,1-3H3,(H,19,20). The van der Waals surface area contributed by atoms with Crippen molar-refractivity contribution in [2.24, 2.45) is 0 Å². The average Bonchev–Trinajstić information content (AvgIpc) is 2.51. The first kappa shape index (κ1) is 16.3. The van der Waals surface area contributed by atoms with Gasteiger partial charge in [-0.15, -0.1) is 0 Å². The predicted molar refractivity (Wildman–Crippen MR) is 85.5 cm³/mol. The molecule has 0 aliphatic rings. The van der Waals surface area contributed by atoms with Crippen molar-refractivity contribution in [1.82, 2.24) is 4.98 Å². The van der Waals surface area contributed by atoms with E-state index < -0.39 is 6.09 Å². The Morgan fingerprint density at radius 3 is 2.64 bits per heavy atom. The van der Waals surface area contributed by atoms with Gasteiger partial charge in [0.2, 0.25) is 0 Å². The largest absolute Gasteiger partial charge is 0.417 e. The van der Waals surface area contributed by atoms with Gasteiger partial charge < -0.3 is 9.47 Å². The quantitative estimate of drug-likeness (QED) is 0.909. The number of carbonyl (C=O) groups excluding carboxylic acids is 1. The van der Waals surface area contributed by atoms with Crippen LogP contribution in [-0.4, -0.2) is 18.2 Å². The van der Waals surface area contributed by atoms with Gasteiger partial charge in [-0.25, -0.2) is 4.79 Å². The van der Waals surface area contributed by atoms with Crippen LogP contribution in [0, 0.1) is 6.92 Å². The molecule has 116 valence electrons. The first-order valence-electron chi connectivity index (χ1n) is 6.74. The first-order valence-corrected chi connectivity index (χ1v) is 7.12. The molecule has 1 N–H and O–H groups in total. The third-order valence-electron chi connectivity index (χ3n) is 3.18. The summed E-state index contributed by atoms with van der Waals surface area (Å²) >= 11 is 6.28. The molecule has 6 heteroatoms. The van der Waals surface area contributed by atoms with Crippen LogP contribution in [0.4, 0.5) is 10.5 Å². The van der Waals surface area contributed by atoms with E-state index in [0.29, 0.717) is 27.7 Å². The van der Waals surface area contributed by atoms with Crippen molar-refractivity contribution in [1.29, 1.82) is 0 Å². The van der Waals surface area contributed by atoms with Crippen molar-refractivity contribution in [2.45, 2.75) is 20.0 Å². The normalized spacial score (nSPS) is 11.8. The smallest absolute Gasteiger partial charge is 0.410 e. The van der Waals surface area contributed by atoms with Crippen LogP contribution < -0.4 is 10.1 Å². The van der Waals surface area contributed by atoms with Crippen LogP contribution >= 0.6 is 11.6 Å². The van der Waals surface area contributed by atoms with Gasteiger partial charge in [-0.3, -0.25) is 10.3 Å². The van der Waals surface area contributed by atoms with Gasteiger partial charge in [0.05, 0.1) is 28.7 Å². The number of ether oxygens (including phenoxy) is 2. The molecule has 1 unspecified atom stereocenters. The molecule has 2 aromatic rings. The van der Waals surface area contributed by atoms with Crippen molar-refractivity contribution in [2.75, 3.05) is 12.4 Å². The summed E-state index contributed by atoms with van der Waals surface area (Å²) in [7, 11) is 1.57. The van der Waals surface area contributed by atoms with Crippen molar-refractivity contribution in [3.63, 3.8) is 0 Å². The second kappa shape index (κ2) is 7.24. The molecule has 0 fully saturated rings. The number of rotatable bonds is 4. The number of benzene rings is 1. The lowest BCUT2D eigenvalue weighted by atomic mass is 10.1. The highest BCUT2D eigenvalue weighted by Gasteiger charge is 2.19. The number of amides is 1. The highest BCUT2D eigenvalue weighted by molar-refractivity contribution is 6.32. The van der Waals surface area contributed by atoms with E-state index in [1.807, 2.05) is 13.0 Å². The van der Waals surface area contributed by atoms with Crippen LogP contribution in [0.1, 0.15) is 24.3 Å². The van der Waals surface area contributed by atoms with Crippen molar-refractivity contribution < 1.29 is 14.3 Å². The van der Waals surface area contributed by atoms with Gasteiger partial charge in [-0.05, 0) is 26.0 Å². The van der Waals surface area contributed by atoms with Crippen LogP contribution in [0.15, 0.2) is 36.5 Å². The van der Waals surface area contributed by atoms with E-state index in [0.717, 1.165) is 0 Å². The second-order valence-corrected chi connectivity index (χ2v) is 5.07. The van der Waals surface area contributed by atoms with Gasteiger partial charge in [0.1, 0.15) is 5.75 Å². The molecule has 2 rings (SSSR count). The fourth-order valence-electron chi connectivity index (χ4n) is 1.95. The fraction of sp³-hybridized carbons (Fsp3) is 0.250. The number of hydrogen-bond acceptors (Lipinski definition) is 4. The summed E-state index contributed by atoms with van der Waals surface area (Å²) in [6.45, 7) is 3.63. The van der Waals surface area contributed by atoms with E-state index in [9.17, 15) is 4.79 Å². The van der Waals surface area contributed by atoms with Crippen LogP contribution in [0.2, 0.25) is 5.02 Å². The molecular formula is C16H17ClN2O3. The topological polar surface area (TPSA) is 60.5 Å². The molecule has 1 aromatic carbocycles. The van der Waals surface area contributed by atoms with E-state index in [-0.39, 0.29) is 6.10 Å². The number of nitrogens with one attached hydrogen (secondary N) is 1. The third kappa shape index (κ3) is 3.75. The number of carbonyl (C=O) groups is 1. The molecule has 0 saturated heterocycles. The number of hydrogen-bond donors (Lipinski definition) is 1. The summed E-state index contributed by atoms with van der Waals surface area (Å²) in [5.41, 5.74) is 1.80. The molecule has 0 spiro atoms. The van der Waals surface area contributed by atoms with E-state index in [1.54, 1.807) is 44.5 Å². The molecular weight excluding hydrogens is 304 g/mol. The summed E-state index contributed by atoms with van der Waals surface area (Å²) in [5.74, 6) is 0.451. The Hall–Kier alpha value is -2.11. The van der Waals surface area contributed by atoms with Gasteiger partial charge in [-0.1, -0.05) is 29.8 Å². The molecule has 5 nitrogen and oxygen atoms in total. The summed E-state index contributed by atoms with van der Waals surface area (Å²) in [6, 6.07) is 8.79. The zero-order chi connectivity index (χ0) is 16.1. The molecule has 1 atom stereocenters. The number of halogens is 1. The molecule has 22 heavy (non-hydrogen) atoms. The minimum atomic E-state index is -0.613. The maximum absolute atomic E-state index is 12.0. The Kier molecular flexibility index (Phi) is 5.35. The van der Waals surface area contributed by atoms with E-state index >= 15 is 0 Å². The zero-order valence-corrected chi connectivity index (χ0v) is 13.3. The summed E-state index contributed by atoms with van der Waals surface area (Å²) < 4.78 is 10.5. The van der Waals surface area contributed by atoms with Crippen molar-refractivity contribution in [3.8, 4) is 5.75 Å². The average molecular weight is 321 g/mol. The minimum absolute atomic E-state index is 0.291. The number of anilines is 1. The maximum Gasteiger partial charge on any atom is 0.417 e. The van der Waals surface area contributed by atoms with Gasteiger partial charge in [0.15, 0.2) is 0 Å². The number of pyridine rings is 1. The third-order valence-corrected chi connectivity index (χ3v) is 3.66. The first-order chi connectivity index (χ1) is 10.5. The van der Waals surface area contributed by atoms with Crippen LogP contribution in [0.25, 0.3) is 0 Å².